The lowest BCUT2D eigenvalue weighted by Gasteiger charge is -2.09. The van der Waals surface area contributed by atoms with E-state index in [4.69, 9.17) is 20.2 Å². The van der Waals surface area contributed by atoms with Crippen LogP contribution in [0.2, 0.25) is 0 Å². The number of ether oxygens (including phenoxy) is 2. The highest BCUT2D eigenvalue weighted by molar-refractivity contribution is 8.13. The van der Waals surface area contributed by atoms with Crippen molar-refractivity contribution in [2.45, 2.75) is 4.90 Å². The summed E-state index contributed by atoms with van der Waals surface area (Å²) in [6.07, 6.45) is 0. The van der Waals surface area contributed by atoms with Crippen molar-refractivity contribution in [1.29, 1.82) is 0 Å². The molecule has 0 aromatic heterocycles. The van der Waals surface area contributed by atoms with Gasteiger partial charge in [0.05, 0.1) is 12.7 Å². The van der Waals surface area contributed by atoms with Crippen LogP contribution in [-0.4, -0.2) is 21.5 Å². The van der Waals surface area contributed by atoms with Gasteiger partial charge in [0, 0.05) is 16.7 Å². The van der Waals surface area contributed by atoms with E-state index in [9.17, 15) is 13.2 Å². The maximum absolute atomic E-state index is 12.0. The molecule has 0 amide bonds. The molecule has 2 aromatic rings. The van der Waals surface area contributed by atoms with Gasteiger partial charge in [-0.3, -0.25) is 0 Å². The van der Waals surface area contributed by atoms with Crippen molar-refractivity contribution in [3.8, 4) is 11.5 Å². The van der Waals surface area contributed by atoms with Crippen molar-refractivity contribution in [2.24, 2.45) is 0 Å². The molecule has 0 aliphatic heterocycles. The summed E-state index contributed by atoms with van der Waals surface area (Å²) in [5, 5.41) is 0. The second-order valence-electron chi connectivity index (χ2n) is 4.01. The average molecular weight is 327 g/mol. The Hall–Kier alpha value is -2.05. The number of methoxy groups -OCH3 is 1. The van der Waals surface area contributed by atoms with Crippen LogP contribution in [-0.2, 0) is 9.05 Å². The number of carbonyl (C=O) groups is 1. The molecule has 110 valence electrons. The maximum Gasteiger partial charge on any atom is 0.343 e. The Labute approximate surface area is 126 Å². The zero-order valence-corrected chi connectivity index (χ0v) is 12.5. The molecular formula is C14H11ClO5S. The zero-order chi connectivity index (χ0) is 15.5. The van der Waals surface area contributed by atoms with Crippen LogP contribution in [0.3, 0.4) is 0 Å². The average Bonchev–Trinajstić information content (AvgIpc) is 2.46. The van der Waals surface area contributed by atoms with Crippen LogP contribution in [0, 0.1) is 0 Å². The monoisotopic (exact) mass is 326 g/mol. The highest BCUT2D eigenvalue weighted by atomic mass is 35.7. The lowest BCUT2D eigenvalue weighted by molar-refractivity contribution is 0.0730. The first-order valence-electron chi connectivity index (χ1n) is 5.82. The topological polar surface area (TPSA) is 69.7 Å². The van der Waals surface area contributed by atoms with Gasteiger partial charge in [-0.1, -0.05) is 18.2 Å². The van der Waals surface area contributed by atoms with Crippen molar-refractivity contribution in [3.63, 3.8) is 0 Å². The van der Waals surface area contributed by atoms with Crippen molar-refractivity contribution in [3.05, 3.63) is 54.1 Å². The zero-order valence-electron chi connectivity index (χ0n) is 10.9. The van der Waals surface area contributed by atoms with Gasteiger partial charge >= 0.3 is 5.97 Å². The number of hydrogen-bond donors (Lipinski definition) is 0. The van der Waals surface area contributed by atoms with Crippen molar-refractivity contribution in [1.82, 2.24) is 0 Å². The van der Waals surface area contributed by atoms with Crippen LogP contribution in [0.5, 0.6) is 11.5 Å². The lowest BCUT2D eigenvalue weighted by atomic mass is 10.2. The van der Waals surface area contributed by atoms with Gasteiger partial charge in [0.15, 0.2) is 5.75 Å². The van der Waals surface area contributed by atoms with E-state index >= 15 is 0 Å². The van der Waals surface area contributed by atoms with Crippen LogP contribution in [0.25, 0.3) is 0 Å². The van der Waals surface area contributed by atoms with E-state index in [0.29, 0.717) is 11.3 Å². The Morgan fingerprint density at radius 1 is 1.10 bits per heavy atom. The predicted molar refractivity (Wildman–Crippen MR) is 77.4 cm³/mol. The Morgan fingerprint density at radius 2 is 1.76 bits per heavy atom. The Kier molecular flexibility index (Phi) is 4.50. The standard InChI is InChI=1S/C14H11ClO5S/c1-19-11-7-8-13(21(15,17)18)12(9-11)20-14(16)10-5-3-2-4-6-10/h2-9H,1H3. The number of benzene rings is 2. The Morgan fingerprint density at radius 3 is 2.33 bits per heavy atom. The lowest BCUT2D eigenvalue weighted by Crippen LogP contribution is -2.10. The van der Waals surface area contributed by atoms with E-state index < -0.39 is 15.0 Å². The minimum atomic E-state index is -4.05. The molecule has 2 rings (SSSR count). The first kappa shape index (κ1) is 15.3. The molecule has 0 bridgehead atoms. The van der Waals surface area contributed by atoms with Crippen LogP contribution in [0.15, 0.2) is 53.4 Å². The molecule has 7 heteroatoms. The first-order chi connectivity index (χ1) is 9.91. The van der Waals surface area contributed by atoms with Gasteiger partial charge in [-0.05, 0) is 24.3 Å². The Balaban J connectivity index is 2.40. The van der Waals surface area contributed by atoms with Crippen molar-refractivity contribution in [2.75, 3.05) is 7.11 Å². The van der Waals surface area contributed by atoms with Gasteiger partial charge in [-0.25, -0.2) is 13.2 Å². The van der Waals surface area contributed by atoms with Gasteiger partial charge in [0.2, 0.25) is 0 Å². The van der Waals surface area contributed by atoms with Gasteiger partial charge in [0.25, 0.3) is 9.05 Å². The third-order valence-corrected chi connectivity index (χ3v) is 3.99. The summed E-state index contributed by atoms with van der Waals surface area (Å²) >= 11 is 0. The molecule has 0 aliphatic rings. The Bertz CT molecular complexity index is 756. The van der Waals surface area contributed by atoms with Crippen LogP contribution in [0.4, 0.5) is 0 Å². The SMILES string of the molecule is COc1ccc(S(=O)(=O)Cl)c(OC(=O)c2ccccc2)c1. The minimum Gasteiger partial charge on any atom is -0.497 e. The van der Waals surface area contributed by atoms with Crippen molar-refractivity contribution >= 4 is 25.7 Å². The summed E-state index contributed by atoms with van der Waals surface area (Å²) in [7, 11) is 2.69. The van der Waals surface area contributed by atoms with Crippen LogP contribution < -0.4 is 9.47 Å². The molecular weight excluding hydrogens is 316 g/mol. The molecule has 21 heavy (non-hydrogen) atoms. The normalized spacial score (nSPS) is 11.0. The number of halogens is 1. The number of esters is 1. The first-order valence-corrected chi connectivity index (χ1v) is 8.12. The molecule has 0 spiro atoms. The smallest absolute Gasteiger partial charge is 0.343 e. The fourth-order valence-electron chi connectivity index (χ4n) is 1.63. The molecule has 0 heterocycles. The molecule has 0 radical (unpaired) electrons. The second-order valence-corrected chi connectivity index (χ2v) is 6.54. The number of hydrogen-bond acceptors (Lipinski definition) is 5. The highest BCUT2D eigenvalue weighted by Gasteiger charge is 2.20. The minimum absolute atomic E-state index is 0.182. The fourth-order valence-corrected chi connectivity index (χ4v) is 2.58. The largest absolute Gasteiger partial charge is 0.497 e. The molecule has 0 aliphatic carbocycles. The van der Waals surface area contributed by atoms with E-state index in [-0.39, 0.29) is 10.6 Å². The van der Waals surface area contributed by atoms with E-state index in [0.717, 1.165) is 0 Å². The van der Waals surface area contributed by atoms with Gasteiger partial charge in [-0.15, -0.1) is 0 Å². The molecule has 0 saturated heterocycles. The summed E-state index contributed by atoms with van der Waals surface area (Å²) in [5.41, 5.74) is 0.290. The molecule has 2 aromatic carbocycles. The molecule has 5 nitrogen and oxygen atoms in total. The third-order valence-electron chi connectivity index (χ3n) is 2.63. The molecule has 0 unspecified atom stereocenters. The summed E-state index contributed by atoms with van der Waals surface area (Å²) in [6.45, 7) is 0. The summed E-state index contributed by atoms with van der Waals surface area (Å²) in [6, 6.07) is 12.1. The molecule has 0 atom stereocenters. The van der Waals surface area contributed by atoms with Crippen LogP contribution >= 0.6 is 10.7 Å². The van der Waals surface area contributed by atoms with E-state index in [2.05, 4.69) is 0 Å². The number of carbonyl (C=O) groups excluding carboxylic acids is 1. The summed E-state index contributed by atoms with van der Waals surface area (Å²) < 4.78 is 33.1. The highest BCUT2D eigenvalue weighted by Crippen LogP contribution is 2.31. The summed E-state index contributed by atoms with van der Waals surface area (Å²) in [4.78, 5) is 11.7. The van der Waals surface area contributed by atoms with Gasteiger partial charge < -0.3 is 9.47 Å². The molecule has 0 N–H and O–H groups in total. The van der Waals surface area contributed by atoms with E-state index in [1.165, 1.54) is 25.3 Å². The quantitative estimate of drug-likeness (QED) is 0.491. The van der Waals surface area contributed by atoms with E-state index in [1.54, 1.807) is 30.3 Å². The second kappa shape index (κ2) is 6.15. The third kappa shape index (κ3) is 3.74. The fraction of sp³-hybridized carbons (Fsp3) is 0.0714. The van der Waals surface area contributed by atoms with Crippen molar-refractivity contribution < 1.29 is 22.7 Å². The maximum atomic E-state index is 12.0. The molecule has 0 fully saturated rings. The predicted octanol–water partition coefficient (Wildman–Crippen LogP) is 2.84. The van der Waals surface area contributed by atoms with E-state index in [1.807, 2.05) is 0 Å². The molecule has 0 saturated carbocycles. The number of rotatable bonds is 4. The van der Waals surface area contributed by atoms with Crippen LogP contribution in [0.1, 0.15) is 10.4 Å². The van der Waals surface area contributed by atoms with Gasteiger partial charge in [0.1, 0.15) is 10.6 Å². The van der Waals surface area contributed by atoms with Gasteiger partial charge in [-0.2, -0.15) is 0 Å². The summed E-state index contributed by atoms with van der Waals surface area (Å²) in [5.74, 6) is -0.529.